The highest BCUT2D eigenvalue weighted by Gasteiger charge is 2.09. The Morgan fingerprint density at radius 3 is 2.85 bits per heavy atom. The molecule has 1 amide bonds. The highest BCUT2D eigenvalue weighted by molar-refractivity contribution is 6.32. The van der Waals surface area contributed by atoms with Gasteiger partial charge in [0, 0.05) is 18.2 Å². The van der Waals surface area contributed by atoms with E-state index in [1.807, 2.05) is 6.92 Å². The molecular weight excluding hydrogens is 282 g/mol. The van der Waals surface area contributed by atoms with Crippen LogP contribution in [0.15, 0.2) is 24.3 Å². The van der Waals surface area contributed by atoms with Gasteiger partial charge in [0.2, 0.25) is 0 Å². The van der Waals surface area contributed by atoms with E-state index in [4.69, 9.17) is 21.4 Å². The molecule has 1 aromatic rings. The van der Waals surface area contributed by atoms with Crippen LogP contribution in [-0.4, -0.2) is 30.1 Å². The Morgan fingerprint density at radius 1 is 1.45 bits per heavy atom. The zero-order valence-electron chi connectivity index (χ0n) is 11.1. The fourth-order valence-electron chi connectivity index (χ4n) is 1.42. The summed E-state index contributed by atoms with van der Waals surface area (Å²) in [7, 11) is 0. The van der Waals surface area contributed by atoms with E-state index in [0.717, 1.165) is 12.5 Å². The Kier molecular flexibility index (Phi) is 6.59. The maximum absolute atomic E-state index is 11.5. The van der Waals surface area contributed by atoms with E-state index in [1.54, 1.807) is 18.2 Å². The first-order valence-corrected chi connectivity index (χ1v) is 6.51. The SMILES string of the molecule is CCCNC(=O)COc1c(Cl)cccc1/C=C/C(=O)O. The molecule has 0 aliphatic carbocycles. The van der Waals surface area contributed by atoms with Crippen LogP contribution in [0.25, 0.3) is 6.08 Å². The molecule has 2 N–H and O–H groups in total. The van der Waals surface area contributed by atoms with E-state index < -0.39 is 5.97 Å². The molecule has 1 rings (SSSR count). The summed E-state index contributed by atoms with van der Waals surface area (Å²) in [4.78, 5) is 22.0. The molecule has 0 aliphatic rings. The van der Waals surface area contributed by atoms with Crippen molar-refractivity contribution in [2.75, 3.05) is 13.2 Å². The summed E-state index contributed by atoms with van der Waals surface area (Å²) >= 11 is 5.99. The highest BCUT2D eigenvalue weighted by Crippen LogP contribution is 2.29. The van der Waals surface area contributed by atoms with E-state index >= 15 is 0 Å². The molecule has 0 atom stereocenters. The van der Waals surface area contributed by atoms with Gasteiger partial charge in [0.25, 0.3) is 5.91 Å². The maximum atomic E-state index is 11.5. The smallest absolute Gasteiger partial charge is 0.328 e. The number of carbonyl (C=O) groups is 2. The van der Waals surface area contributed by atoms with Crippen LogP contribution in [0.3, 0.4) is 0 Å². The van der Waals surface area contributed by atoms with Gasteiger partial charge in [-0.05, 0) is 18.6 Å². The Labute approximate surface area is 122 Å². The molecule has 0 fully saturated rings. The van der Waals surface area contributed by atoms with Crippen LogP contribution in [0.2, 0.25) is 5.02 Å². The molecule has 108 valence electrons. The van der Waals surface area contributed by atoms with Crippen molar-refractivity contribution in [3.63, 3.8) is 0 Å². The monoisotopic (exact) mass is 297 g/mol. The number of carboxylic acids is 1. The van der Waals surface area contributed by atoms with Crippen LogP contribution in [0.4, 0.5) is 0 Å². The third-order valence-corrected chi connectivity index (χ3v) is 2.62. The van der Waals surface area contributed by atoms with Gasteiger partial charge in [0.1, 0.15) is 5.75 Å². The number of halogens is 1. The lowest BCUT2D eigenvalue weighted by Crippen LogP contribution is -2.29. The van der Waals surface area contributed by atoms with Crippen molar-refractivity contribution in [2.45, 2.75) is 13.3 Å². The Morgan fingerprint density at radius 2 is 2.20 bits per heavy atom. The number of nitrogens with one attached hydrogen (secondary N) is 1. The number of hydrogen-bond acceptors (Lipinski definition) is 3. The van der Waals surface area contributed by atoms with Gasteiger partial charge >= 0.3 is 5.97 Å². The molecular formula is C14H16ClNO4. The number of ether oxygens (including phenoxy) is 1. The van der Waals surface area contributed by atoms with E-state index in [9.17, 15) is 9.59 Å². The number of rotatable bonds is 7. The van der Waals surface area contributed by atoms with Crippen LogP contribution in [0.1, 0.15) is 18.9 Å². The predicted octanol–water partition coefficient (Wildman–Crippen LogP) is 2.34. The third kappa shape index (κ3) is 5.32. The summed E-state index contributed by atoms with van der Waals surface area (Å²) in [5.74, 6) is -1.03. The first-order chi connectivity index (χ1) is 9.54. The Hall–Kier alpha value is -2.01. The number of amides is 1. The van der Waals surface area contributed by atoms with Crippen molar-refractivity contribution in [3.8, 4) is 5.75 Å². The van der Waals surface area contributed by atoms with E-state index in [-0.39, 0.29) is 12.5 Å². The molecule has 0 saturated carbocycles. The van der Waals surface area contributed by atoms with Gasteiger partial charge in [-0.3, -0.25) is 4.79 Å². The van der Waals surface area contributed by atoms with Crippen molar-refractivity contribution in [1.82, 2.24) is 5.32 Å². The van der Waals surface area contributed by atoms with Crippen LogP contribution < -0.4 is 10.1 Å². The molecule has 0 aromatic heterocycles. The van der Waals surface area contributed by atoms with Crippen molar-refractivity contribution >= 4 is 29.6 Å². The molecule has 1 aromatic carbocycles. The summed E-state index contributed by atoms with van der Waals surface area (Å²) in [6.07, 6.45) is 3.19. The predicted molar refractivity (Wildman–Crippen MR) is 76.9 cm³/mol. The van der Waals surface area contributed by atoms with E-state index in [0.29, 0.717) is 22.9 Å². The zero-order valence-corrected chi connectivity index (χ0v) is 11.8. The van der Waals surface area contributed by atoms with Crippen molar-refractivity contribution < 1.29 is 19.4 Å². The molecule has 20 heavy (non-hydrogen) atoms. The van der Waals surface area contributed by atoms with Gasteiger partial charge < -0.3 is 15.2 Å². The lowest BCUT2D eigenvalue weighted by Gasteiger charge is -2.11. The largest absolute Gasteiger partial charge is 0.482 e. The number of para-hydroxylation sites is 1. The lowest BCUT2D eigenvalue weighted by atomic mass is 10.2. The van der Waals surface area contributed by atoms with Crippen LogP contribution >= 0.6 is 11.6 Å². The summed E-state index contributed by atoms with van der Waals surface area (Å²) in [6.45, 7) is 2.36. The minimum Gasteiger partial charge on any atom is -0.482 e. The second-order valence-corrected chi connectivity index (χ2v) is 4.38. The second kappa shape index (κ2) is 8.22. The van der Waals surface area contributed by atoms with Crippen molar-refractivity contribution in [3.05, 3.63) is 34.9 Å². The van der Waals surface area contributed by atoms with Gasteiger partial charge in [-0.15, -0.1) is 0 Å². The summed E-state index contributed by atoms with van der Waals surface area (Å²) < 4.78 is 5.37. The zero-order chi connectivity index (χ0) is 15.0. The summed E-state index contributed by atoms with van der Waals surface area (Å²) in [5, 5.41) is 11.6. The number of carbonyl (C=O) groups excluding carboxylic acids is 1. The van der Waals surface area contributed by atoms with Crippen molar-refractivity contribution in [1.29, 1.82) is 0 Å². The first-order valence-electron chi connectivity index (χ1n) is 6.13. The highest BCUT2D eigenvalue weighted by atomic mass is 35.5. The number of aliphatic carboxylic acids is 1. The van der Waals surface area contributed by atoms with Gasteiger partial charge in [0.05, 0.1) is 5.02 Å². The van der Waals surface area contributed by atoms with Crippen LogP contribution in [0.5, 0.6) is 5.75 Å². The van der Waals surface area contributed by atoms with Gasteiger partial charge in [-0.25, -0.2) is 4.79 Å². The van der Waals surface area contributed by atoms with E-state index in [2.05, 4.69) is 5.32 Å². The van der Waals surface area contributed by atoms with E-state index in [1.165, 1.54) is 6.08 Å². The normalized spacial score (nSPS) is 10.5. The Balaban J connectivity index is 2.77. The molecule has 5 nitrogen and oxygen atoms in total. The molecule has 0 unspecified atom stereocenters. The minimum absolute atomic E-state index is 0.169. The molecule has 0 saturated heterocycles. The second-order valence-electron chi connectivity index (χ2n) is 3.97. The van der Waals surface area contributed by atoms with Gasteiger partial charge in [0.15, 0.2) is 6.61 Å². The lowest BCUT2D eigenvalue weighted by molar-refractivity contribution is -0.131. The molecule has 0 heterocycles. The number of hydrogen-bond donors (Lipinski definition) is 2. The van der Waals surface area contributed by atoms with Crippen molar-refractivity contribution in [2.24, 2.45) is 0 Å². The molecule has 0 spiro atoms. The van der Waals surface area contributed by atoms with Gasteiger partial charge in [-0.1, -0.05) is 30.7 Å². The average molecular weight is 298 g/mol. The topological polar surface area (TPSA) is 75.6 Å². The quantitative estimate of drug-likeness (QED) is 0.758. The third-order valence-electron chi connectivity index (χ3n) is 2.32. The molecule has 6 heteroatoms. The standard InChI is InChI=1S/C14H16ClNO4/c1-2-8-16-12(17)9-20-14-10(6-7-13(18)19)4-3-5-11(14)15/h3-7H,2,8-9H2,1H3,(H,16,17)(H,18,19)/b7-6+. The fraction of sp³-hybridized carbons (Fsp3) is 0.286. The summed E-state index contributed by atoms with van der Waals surface area (Å²) in [6, 6.07) is 4.94. The summed E-state index contributed by atoms with van der Waals surface area (Å²) in [5.41, 5.74) is 0.503. The maximum Gasteiger partial charge on any atom is 0.328 e. The van der Waals surface area contributed by atoms with Gasteiger partial charge in [-0.2, -0.15) is 0 Å². The minimum atomic E-state index is -1.07. The molecule has 0 bridgehead atoms. The van der Waals surface area contributed by atoms with Crippen LogP contribution in [-0.2, 0) is 9.59 Å². The fourth-order valence-corrected chi connectivity index (χ4v) is 1.66. The first kappa shape index (κ1) is 16.0. The average Bonchev–Trinajstić information content (AvgIpc) is 2.41. The number of benzene rings is 1. The van der Waals surface area contributed by atoms with Crippen LogP contribution in [0, 0.1) is 0 Å². The molecule has 0 radical (unpaired) electrons. The number of carboxylic acid groups (broad SMARTS) is 1. The Bertz CT molecular complexity index is 514. The molecule has 0 aliphatic heterocycles.